The second-order valence-corrected chi connectivity index (χ2v) is 7.44. The molecule has 1 aromatic rings. The Labute approximate surface area is 183 Å². The molecular weight excluding hydrogens is 424 g/mol. The van der Waals surface area contributed by atoms with E-state index in [9.17, 15) is 29.1 Å². The van der Waals surface area contributed by atoms with Gasteiger partial charge in [0.05, 0.1) is 12.5 Å². The van der Waals surface area contributed by atoms with Gasteiger partial charge in [0.25, 0.3) is 0 Å². The predicted molar refractivity (Wildman–Crippen MR) is 109 cm³/mol. The highest BCUT2D eigenvalue weighted by Gasteiger charge is 2.38. The molecule has 32 heavy (non-hydrogen) atoms. The molecule has 174 valence electrons. The fourth-order valence-electron chi connectivity index (χ4n) is 3.43. The molecule has 7 N–H and O–H groups in total. The summed E-state index contributed by atoms with van der Waals surface area (Å²) in [6.45, 7) is -0.458. The summed E-state index contributed by atoms with van der Waals surface area (Å²) in [6.07, 6.45) is 0.256. The van der Waals surface area contributed by atoms with E-state index < -0.39 is 60.8 Å². The molecule has 2 rings (SSSR count). The van der Waals surface area contributed by atoms with Crippen molar-refractivity contribution < 1.29 is 39.3 Å². The lowest BCUT2D eigenvalue weighted by molar-refractivity contribution is -0.143. The van der Waals surface area contributed by atoms with Crippen molar-refractivity contribution >= 4 is 29.7 Å². The first-order valence-corrected chi connectivity index (χ1v) is 9.94. The maximum atomic E-state index is 12.8. The number of nitrogens with two attached hydrogens (primary N) is 1. The Balaban J connectivity index is 2.04. The lowest BCUT2D eigenvalue weighted by Crippen LogP contribution is -2.56. The Morgan fingerprint density at radius 1 is 1.09 bits per heavy atom. The van der Waals surface area contributed by atoms with E-state index in [0.717, 1.165) is 5.56 Å². The second kappa shape index (κ2) is 11.1. The number of hydrogen-bond donors (Lipinski definition) is 6. The van der Waals surface area contributed by atoms with Crippen LogP contribution < -0.4 is 16.4 Å². The van der Waals surface area contributed by atoms with Gasteiger partial charge < -0.3 is 36.6 Å². The zero-order valence-electron chi connectivity index (χ0n) is 17.2. The number of likely N-dealkylation sites (tertiary alicyclic amines) is 1. The van der Waals surface area contributed by atoms with Gasteiger partial charge in [0, 0.05) is 6.54 Å². The predicted octanol–water partition coefficient (Wildman–Crippen LogP) is -1.59. The molecular formula is C20H26N4O8. The van der Waals surface area contributed by atoms with Gasteiger partial charge in [-0.05, 0) is 37.0 Å². The number of carboxylic acids is 2. The molecule has 1 aliphatic heterocycles. The molecule has 1 fully saturated rings. The first-order chi connectivity index (χ1) is 15.1. The minimum Gasteiger partial charge on any atom is -0.508 e. The van der Waals surface area contributed by atoms with Gasteiger partial charge in [-0.1, -0.05) is 12.1 Å². The summed E-state index contributed by atoms with van der Waals surface area (Å²) in [4.78, 5) is 60.7. The number of carboxylic acid groups (broad SMARTS) is 2. The molecule has 1 heterocycles. The smallest absolute Gasteiger partial charge is 0.322 e. The summed E-state index contributed by atoms with van der Waals surface area (Å²) in [6, 6.07) is 2.82. The van der Waals surface area contributed by atoms with Crippen molar-refractivity contribution in [3.8, 4) is 5.75 Å². The molecule has 0 radical (unpaired) electrons. The zero-order chi connectivity index (χ0) is 23.8. The van der Waals surface area contributed by atoms with Gasteiger partial charge in [-0.3, -0.25) is 24.0 Å². The molecule has 3 atom stereocenters. The average molecular weight is 450 g/mol. The average Bonchev–Trinajstić information content (AvgIpc) is 3.22. The van der Waals surface area contributed by atoms with Crippen molar-refractivity contribution in [2.24, 2.45) is 5.73 Å². The van der Waals surface area contributed by atoms with E-state index >= 15 is 0 Å². The number of carbonyl (C=O) groups excluding carboxylic acids is 3. The third-order valence-electron chi connectivity index (χ3n) is 4.97. The van der Waals surface area contributed by atoms with E-state index in [1.54, 1.807) is 12.1 Å². The summed E-state index contributed by atoms with van der Waals surface area (Å²) >= 11 is 0. The standard InChI is InChI=1S/C20H26N4O8/c21-13(8-11-3-5-12(25)6-4-11)20(32)24-7-1-2-15(24)19(31)23-14(9-16(26)27)18(30)22-10-17(28)29/h3-6,13-15,25H,1-2,7-10,21H2,(H,22,30)(H,23,31)(H,26,27)(H,28,29). The van der Waals surface area contributed by atoms with Crippen LogP contribution in [-0.4, -0.2) is 81.1 Å². The van der Waals surface area contributed by atoms with E-state index in [4.69, 9.17) is 15.9 Å². The van der Waals surface area contributed by atoms with Crippen LogP contribution in [0.3, 0.4) is 0 Å². The Morgan fingerprint density at radius 2 is 1.75 bits per heavy atom. The number of nitrogens with zero attached hydrogens (tertiary/aromatic N) is 1. The van der Waals surface area contributed by atoms with Crippen molar-refractivity contribution in [1.29, 1.82) is 0 Å². The van der Waals surface area contributed by atoms with Crippen LogP contribution in [0.25, 0.3) is 0 Å². The van der Waals surface area contributed by atoms with E-state index in [1.165, 1.54) is 17.0 Å². The Morgan fingerprint density at radius 3 is 2.34 bits per heavy atom. The van der Waals surface area contributed by atoms with Gasteiger partial charge in [-0.2, -0.15) is 0 Å². The minimum absolute atomic E-state index is 0.0771. The molecule has 0 saturated carbocycles. The first-order valence-electron chi connectivity index (χ1n) is 9.94. The quantitative estimate of drug-likeness (QED) is 0.243. The van der Waals surface area contributed by atoms with Gasteiger partial charge in [0.1, 0.15) is 24.4 Å². The molecule has 0 spiro atoms. The molecule has 1 aromatic carbocycles. The second-order valence-electron chi connectivity index (χ2n) is 7.44. The number of hydrogen-bond acceptors (Lipinski definition) is 7. The number of aliphatic carboxylic acids is 2. The molecule has 3 unspecified atom stereocenters. The molecule has 1 saturated heterocycles. The lowest BCUT2D eigenvalue weighted by Gasteiger charge is -2.28. The number of carbonyl (C=O) groups is 5. The normalized spacial score (nSPS) is 17.3. The number of aromatic hydroxyl groups is 1. The molecule has 12 nitrogen and oxygen atoms in total. The summed E-state index contributed by atoms with van der Waals surface area (Å²) in [7, 11) is 0. The lowest BCUT2D eigenvalue weighted by atomic mass is 10.0. The highest BCUT2D eigenvalue weighted by Crippen LogP contribution is 2.20. The van der Waals surface area contributed by atoms with Crippen LogP contribution in [0.4, 0.5) is 0 Å². The summed E-state index contributed by atoms with van der Waals surface area (Å²) in [5.41, 5.74) is 6.75. The van der Waals surface area contributed by atoms with Crippen LogP contribution in [0.15, 0.2) is 24.3 Å². The van der Waals surface area contributed by atoms with E-state index in [1.807, 2.05) is 5.32 Å². The number of rotatable bonds is 10. The number of benzene rings is 1. The van der Waals surface area contributed by atoms with Gasteiger partial charge in [-0.15, -0.1) is 0 Å². The van der Waals surface area contributed by atoms with Crippen molar-refractivity contribution in [2.45, 2.75) is 43.8 Å². The molecule has 0 aliphatic carbocycles. The van der Waals surface area contributed by atoms with Crippen molar-refractivity contribution in [1.82, 2.24) is 15.5 Å². The third-order valence-corrected chi connectivity index (χ3v) is 4.97. The monoisotopic (exact) mass is 450 g/mol. The first kappa shape index (κ1) is 24.6. The fraction of sp³-hybridized carbons (Fsp3) is 0.450. The Hall–Kier alpha value is -3.67. The van der Waals surface area contributed by atoms with E-state index in [-0.39, 0.29) is 18.7 Å². The molecule has 1 aliphatic rings. The third kappa shape index (κ3) is 6.94. The van der Waals surface area contributed by atoms with Crippen molar-refractivity contribution in [2.75, 3.05) is 13.1 Å². The summed E-state index contributed by atoms with van der Waals surface area (Å²) in [5, 5.41) is 31.4. The van der Waals surface area contributed by atoms with Gasteiger partial charge in [-0.25, -0.2) is 0 Å². The number of phenolic OH excluding ortho intramolecular Hbond substituents is 1. The van der Waals surface area contributed by atoms with Crippen molar-refractivity contribution in [3.05, 3.63) is 29.8 Å². The van der Waals surface area contributed by atoms with Gasteiger partial charge >= 0.3 is 11.9 Å². The molecule has 0 bridgehead atoms. The van der Waals surface area contributed by atoms with Gasteiger partial charge in [0.2, 0.25) is 17.7 Å². The topological polar surface area (TPSA) is 199 Å². The Kier molecular flexibility index (Phi) is 8.53. The summed E-state index contributed by atoms with van der Waals surface area (Å²) in [5.74, 6) is -4.76. The van der Waals surface area contributed by atoms with Crippen LogP contribution in [-0.2, 0) is 30.4 Å². The SMILES string of the molecule is NC(Cc1ccc(O)cc1)C(=O)N1CCCC1C(=O)NC(CC(=O)O)C(=O)NCC(=O)O. The van der Waals surface area contributed by atoms with Crippen LogP contribution in [0.5, 0.6) is 5.75 Å². The molecule has 0 aromatic heterocycles. The number of amides is 3. The largest absolute Gasteiger partial charge is 0.508 e. The highest BCUT2D eigenvalue weighted by atomic mass is 16.4. The summed E-state index contributed by atoms with van der Waals surface area (Å²) < 4.78 is 0. The van der Waals surface area contributed by atoms with E-state index in [2.05, 4.69) is 5.32 Å². The number of nitrogens with one attached hydrogen (secondary N) is 2. The van der Waals surface area contributed by atoms with Crippen LogP contribution in [0.2, 0.25) is 0 Å². The highest BCUT2D eigenvalue weighted by molar-refractivity contribution is 5.95. The maximum absolute atomic E-state index is 12.8. The van der Waals surface area contributed by atoms with Crippen LogP contribution >= 0.6 is 0 Å². The molecule has 3 amide bonds. The minimum atomic E-state index is -1.50. The molecule has 12 heteroatoms. The zero-order valence-corrected chi connectivity index (χ0v) is 17.2. The Bertz CT molecular complexity index is 873. The van der Waals surface area contributed by atoms with Crippen molar-refractivity contribution in [3.63, 3.8) is 0 Å². The van der Waals surface area contributed by atoms with Crippen LogP contribution in [0, 0.1) is 0 Å². The number of phenols is 1. The van der Waals surface area contributed by atoms with Crippen LogP contribution in [0.1, 0.15) is 24.8 Å². The van der Waals surface area contributed by atoms with E-state index in [0.29, 0.717) is 12.8 Å². The fourth-order valence-corrected chi connectivity index (χ4v) is 3.43. The van der Waals surface area contributed by atoms with Gasteiger partial charge in [0.15, 0.2) is 0 Å². The maximum Gasteiger partial charge on any atom is 0.322 e.